The van der Waals surface area contributed by atoms with E-state index in [4.69, 9.17) is 16.3 Å². The fourth-order valence-electron chi connectivity index (χ4n) is 3.65. The summed E-state index contributed by atoms with van der Waals surface area (Å²) in [6.45, 7) is 5.29. The molecule has 1 fully saturated rings. The second kappa shape index (κ2) is 11.0. The van der Waals surface area contributed by atoms with E-state index in [2.05, 4.69) is 15.6 Å². The van der Waals surface area contributed by atoms with Gasteiger partial charge in [-0.1, -0.05) is 54.6 Å². The summed E-state index contributed by atoms with van der Waals surface area (Å²) in [7, 11) is -3.65. The van der Waals surface area contributed by atoms with E-state index in [1.807, 2.05) is 6.07 Å². The quantitative estimate of drug-likeness (QED) is 0.298. The number of benzene rings is 2. The predicted molar refractivity (Wildman–Crippen MR) is 129 cm³/mol. The molecule has 0 saturated carbocycles. The van der Waals surface area contributed by atoms with Crippen molar-refractivity contribution < 1.29 is 22.3 Å². The second-order valence-corrected chi connectivity index (χ2v) is 11.3. The summed E-state index contributed by atoms with van der Waals surface area (Å²) >= 11 is 6.12. The summed E-state index contributed by atoms with van der Waals surface area (Å²) in [4.78, 5) is 16.5. The van der Waals surface area contributed by atoms with E-state index in [1.165, 1.54) is 4.90 Å². The summed E-state index contributed by atoms with van der Waals surface area (Å²) < 4.78 is 45.5. The lowest BCUT2D eigenvalue weighted by molar-refractivity contribution is -0.0121. The van der Waals surface area contributed by atoms with Crippen LogP contribution in [-0.2, 0) is 27.1 Å². The maximum absolute atomic E-state index is 15.2. The van der Waals surface area contributed by atoms with Gasteiger partial charge >= 0.3 is 6.09 Å². The van der Waals surface area contributed by atoms with Gasteiger partial charge in [-0.3, -0.25) is 10.2 Å². The van der Waals surface area contributed by atoms with Gasteiger partial charge < -0.3 is 4.74 Å². The lowest BCUT2D eigenvalue weighted by Crippen LogP contribution is -2.57. The zero-order chi connectivity index (χ0) is 24.9. The molecule has 2 aromatic rings. The van der Waals surface area contributed by atoms with Crippen molar-refractivity contribution in [2.75, 3.05) is 6.54 Å². The smallest absolute Gasteiger partial charge is 0.411 e. The van der Waals surface area contributed by atoms with Gasteiger partial charge in [0.05, 0.1) is 12.3 Å². The lowest BCUT2D eigenvalue weighted by Gasteiger charge is -2.41. The molecule has 8 nitrogen and oxygen atoms in total. The summed E-state index contributed by atoms with van der Waals surface area (Å²) in [5.41, 5.74) is 2.92. The van der Waals surface area contributed by atoms with Crippen molar-refractivity contribution in [2.45, 2.75) is 56.5 Å². The van der Waals surface area contributed by atoms with Crippen LogP contribution in [0.25, 0.3) is 0 Å². The number of ether oxygens (including phenoxy) is 1. The SMILES string of the molecule is CC(C)(C)OC(=O)N1CC(Cl)NC(F)C1c1ccccc1CNNS(=O)(=O)Cc1ccccc1. The number of halogens is 2. The van der Waals surface area contributed by atoms with Crippen LogP contribution in [0.3, 0.4) is 0 Å². The fraction of sp³-hybridized carbons (Fsp3) is 0.435. The first kappa shape index (κ1) is 26.4. The molecule has 1 amide bonds. The van der Waals surface area contributed by atoms with Crippen molar-refractivity contribution in [3.05, 3.63) is 71.3 Å². The molecule has 0 bridgehead atoms. The van der Waals surface area contributed by atoms with Crippen LogP contribution < -0.4 is 15.6 Å². The van der Waals surface area contributed by atoms with Gasteiger partial charge in [0, 0.05) is 6.54 Å². The highest BCUT2D eigenvalue weighted by molar-refractivity contribution is 7.88. The van der Waals surface area contributed by atoms with E-state index in [-0.39, 0.29) is 18.8 Å². The number of nitrogens with one attached hydrogen (secondary N) is 3. The molecular formula is C23H30ClFN4O4S. The number of rotatable bonds is 7. The zero-order valence-electron chi connectivity index (χ0n) is 19.3. The number of amides is 1. The van der Waals surface area contributed by atoms with Crippen LogP contribution >= 0.6 is 11.6 Å². The number of nitrogens with zero attached hydrogens (tertiary/aromatic N) is 1. The van der Waals surface area contributed by atoms with Crippen LogP contribution in [0, 0.1) is 0 Å². The van der Waals surface area contributed by atoms with Gasteiger partial charge in [-0.25, -0.2) is 23.0 Å². The first-order valence-electron chi connectivity index (χ1n) is 10.8. The molecule has 11 heteroatoms. The number of alkyl halides is 2. The van der Waals surface area contributed by atoms with Gasteiger partial charge in [0.15, 0.2) is 6.30 Å². The van der Waals surface area contributed by atoms with Crippen LogP contribution in [-0.4, -0.2) is 43.4 Å². The molecule has 1 saturated heterocycles. The maximum atomic E-state index is 15.2. The molecule has 0 radical (unpaired) electrons. The van der Waals surface area contributed by atoms with Crippen molar-refractivity contribution in [3.8, 4) is 0 Å². The summed E-state index contributed by atoms with van der Waals surface area (Å²) in [6, 6.07) is 14.7. The van der Waals surface area contributed by atoms with E-state index in [9.17, 15) is 13.2 Å². The monoisotopic (exact) mass is 512 g/mol. The number of hydrazine groups is 1. The highest BCUT2D eigenvalue weighted by Gasteiger charge is 2.41. The van der Waals surface area contributed by atoms with Crippen LogP contribution in [0.5, 0.6) is 0 Å². The summed E-state index contributed by atoms with van der Waals surface area (Å²) in [5.74, 6) is -0.189. The Morgan fingerprint density at radius 2 is 1.82 bits per heavy atom. The normalized spacial score (nSPS) is 21.3. The van der Waals surface area contributed by atoms with Gasteiger partial charge in [0.25, 0.3) is 0 Å². The number of carbonyl (C=O) groups is 1. The van der Waals surface area contributed by atoms with E-state index in [0.717, 1.165) is 0 Å². The largest absolute Gasteiger partial charge is 0.444 e. The Morgan fingerprint density at radius 1 is 1.18 bits per heavy atom. The topological polar surface area (TPSA) is 99.8 Å². The Balaban J connectivity index is 1.76. The third kappa shape index (κ3) is 7.38. The molecule has 1 heterocycles. The molecular weight excluding hydrogens is 483 g/mol. The number of hydrogen-bond acceptors (Lipinski definition) is 6. The average molecular weight is 513 g/mol. The summed E-state index contributed by atoms with van der Waals surface area (Å²) in [5, 5.41) is 2.63. The Bertz CT molecular complexity index is 1080. The minimum absolute atomic E-state index is 0.0347. The molecule has 34 heavy (non-hydrogen) atoms. The average Bonchev–Trinajstić information content (AvgIpc) is 2.73. The Labute approximate surface area is 204 Å². The van der Waals surface area contributed by atoms with Crippen molar-refractivity contribution >= 4 is 27.7 Å². The van der Waals surface area contributed by atoms with Crippen molar-refractivity contribution in [1.82, 2.24) is 20.5 Å². The minimum Gasteiger partial charge on any atom is -0.444 e. The van der Waals surface area contributed by atoms with E-state index < -0.39 is 39.6 Å². The number of sulfonamides is 1. The predicted octanol–water partition coefficient (Wildman–Crippen LogP) is 3.55. The molecule has 186 valence electrons. The van der Waals surface area contributed by atoms with Gasteiger partial charge in [-0.15, -0.1) is 11.6 Å². The van der Waals surface area contributed by atoms with Crippen LogP contribution in [0.4, 0.5) is 9.18 Å². The van der Waals surface area contributed by atoms with Crippen molar-refractivity contribution in [3.63, 3.8) is 0 Å². The first-order valence-corrected chi connectivity index (χ1v) is 12.9. The van der Waals surface area contributed by atoms with Crippen LogP contribution in [0.1, 0.15) is 43.5 Å². The fourth-order valence-corrected chi connectivity index (χ4v) is 4.91. The molecule has 3 unspecified atom stereocenters. The zero-order valence-corrected chi connectivity index (χ0v) is 20.9. The summed E-state index contributed by atoms with van der Waals surface area (Å²) in [6.07, 6.45) is -2.33. The maximum Gasteiger partial charge on any atom is 0.411 e. The molecule has 0 spiro atoms. The minimum atomic E-state index is -3.65. The Morgan fingerprint density at radius 3 is 2.50 bits per heavy atom. The van der Waals surface area contributed by atoms with Crippen LogP contribution in [0.2, 0.25) is 0 Å². The number of hydrogen-bond donors (Lipinski definition) is 3. The van der Waals surface area contributed by atoms with Gasteiger partial charge in [-0.05, 0) is 37.5 Å². The standard InChI is InChI=1S/C23H30ClFN4O4S/c1-23(2,3)33-22(30)29-14-19(24)27-21(25)20(29)18-12-8-7-11-17(18)13-26-28-34(31,32)15-16-9-5-4-6-10-16/h4-12,19-21,26-28H,13-15H2,1-3H3. The molecule has 3 rings (SSSR count). The second-order valence-electron chi connectivity index (χ2n) is 9.01. The molecule has 1 aliphatic heterocycles. The highest BCUT2D eigenvalue weighted by Crippen LogP contribution is 2.33. The number of carbonyl (C=O) groups excluding carboxylic acids is 1. The van der Waals surface area contributed by atoms with Crippen molar-refractivity contribution in [1.29, 1.82) is 0 Å². The molecule has 0 aliphatic carbocycles. The molecule has 3 N–H and O–H groups in total. The van der Waals surface area contributed by atoms with Gasteiger partial charge in [0.2, 0.25) is 10.0 Å². The Kier molecular flexibility index (Phi) is 8.53. The third-order valence-corrected chi connectivity index (χ3v) is 6.45. The van der Waals surface area contributed by atoms with E-state index in [1.54, 1.807) is 69.3 Å². The highest BCUT2D eigenvalue weighted by atomic mass is 35.5. The van der Waals surface area contributed by atoms with Crippen LogP contribution in [0.15, 0.2) is 54.6 Å². The third-order valence-electron chi connectivity index (χ3n) is 5.02. The van der Waals surface area contributed by atoms with E-state index >= 15 is 4.39 Å². The number of piperazine rings is 1. The lowest BCUT2D eigenvalue weighted by atomic mass is 9.97. The van der Waals surface area contributed by atoms with Crippen molar-refractivity contribution in [2.24, 2.45) is 0 Å². The first-order chi connectivity index (χ1) is 16.0. The van der Waals surface area contributed by atoms with E-state index in [0.29, 0.717) is 16.7 Å². The van der Waals surface area contributed by atoms with Gasteiger partial charge in [0.1, 0.15) is 17.1 Å². The molecule has 0 aromatic heterocycles. The van der Waals surface area contributed by atoms with Gasteiger partial charge in [-0.2, -0.15) is 4.83 Å². The molecule has 3 atom stereocenters. The Hall–Kier alpha value is -2.24. The molecule has 1 aliphatic rings. The molecule has 2 aromatic carbocycles.